The normalized spacial score (nSPS) is 16.8. The largest absolute Gasteiger partial charge is 0.303 e. The molecular formula is C19H24N6. The van der Waals surface area contributed by atoms with Gasteiger partial charge in [0.25, 0.3) is 0 Å². The third-order valence-electron chi connectivity index (χ3n) is 4.82. The molecule has 1 saturated heterocycles. The fourth-order valence-electron chi connectivity index (χ4n) is 3.62. The van der Waals surface area contributed by atoms with Crippen LogP contribution in [0, 0.1) is 5.92 Å². The molecule has 0 bridgehead atoms. The molecule has 1 aliphatic heterocycles. The molecule has 0 amide bonds. The highest BCUT2D eigenvalue weighted by molar-refractivity contribution is 5.58. The van der Waals surface area contributed by atoms with Crippen molar-refractivity contribution < 1.29 is 0 Å². The maximum absolute atomic E-state index is 4.79. The van der Waals surface area contributed by atoms with E-state index in [-0.39, 0.29) is 0 Å². The zero-order chi connectivity index (χ0) is 17.2. The van der Waals surface area contributed by atoms with Crippen molar-refractivity contribution in [3.8, 4) is 11.3 Å². The second-order valence-corrected chi connectivity index (χ2v) is 7.26. The van der Waals surface area contributed by atoms with Crippen LogP contribution in [-0.2, 0) is 0 Å². The minimum atomic E-state index is 0.426. The predicted molar refractivity (Wildman–Crippen MR) is 97.3 cm³/mol. The van der Waals surface area contributed by atoms with Gasteiger partial charge in [0.2, 0.25) is 0 Å². The van der Waals surface area contributed by atoms with Crippen LogP contribution >= 0.6 is 0 Å². The van der Waals surface area contributed by atoms with E-state index < -0.39 is 0 Å². The van der Waals surface area contributed by atoms with Crippen LogP contribution < -0.4 is 0 Å². The zero-order valence-corrected chi connectivity index (χ0v) is 14.8. The second kappa shape index (κ2) is 6.88. The number of rotatable bonds is 4. The monoisotopic (exact) mass is 336 g/mol. The molecular weight excluding hydrogens is 312 g/mol. The van der Waals surface area contributed by atoms with E-state index in [1.165, 1.54) is 6.54 Å². The lowest BCUT2D eigenvalue weighted by molar-refractivity contribution is 0.189. The number of nitrogens with zero attached hydrogens (tertiary/aromatic N) is 6. The third kappa shape index (κ3) is 3.39. The lowest BCUT2D eigenvalue weighted by Gasteiger charge is -2.32. The average molecular weight is 336 g/mol. The fraction of sp³-hybridized carbons (Fsp3) is 0.474. The summed E-state index contributed by atoms with van der Waals surface area (Å²) in [5.74, 6) is 2.13. The van der Waals surface area contributed by atoms with Crippen LogP contribution in [0.4, 0.5) is 0 Å². The lowest BCUT2D eigenvalue weighted by atomic mass is 9.95. The summed E-state index contributed by atoms with van der Waals surface area (Å²) >= 11 is 0. The molecule has 3 aromatic rings. The third-order valence-corrected chi connectivity index (χ3v) is 4.82. The molecule has 0 spiro atoms. The first-order chi connectivity index (χ1) is 12.2. The van der Waals surface area contributed by atoms with Gasteiger partial charge in [-0.25, -0.2) is 0 Å². The van der Waals surface area contributed by atoms with Crippen molar-refractivity contribution in [3.05, 3.63) is 42.5 Å². The van der Waals surface area contributed by atoms with E-state index >= 15 is 0 Å². The van der Waals surface area contributed by atoms with Gasteiger partial charge < -0.3 is 4.90 Å². The molecule has 4 heterocycles. The first-order valence-electron chi connectivity index (χ1n) is 9.06. The highest BCUT2D eigenvalue weighted by Crippen LogP contribution is 2.27. The molecule has 6 nitrogen and oxygen atoms in total. The summed E-state index contributed by atoms with van der Waals surface area (Å²) in [6.07, 6.45) is 5.85. The summed E-state index contributed by atoms with van der Waals surface area (Å²) in [4.78, 5) is 6.74. The molecule has 0 saturated carbocycles. The molecule has 3 aromatic heterocycles. The SMILES string of the molecule is CC(C)CN1CCC(c2nnc3ccc(-c4cccnc4)nn23)CC1. The van der Waals surface area contributed by atoms with Crippen molar-refractivity contribution in [2.45, 2.75) is 32.6 Å². The van der Waals surface area contributed by atoms with E-state index in [0.717, 1.165) is 48.7 Å². The van der Waals surface area contributed by atoms with Crippen LogP contribution in [0.2, 0.25) is 0 Å². The standard InChI is InChI=1S/C19H24N6/c1-14(2)13-24-10-7-15(8-11-24)19-22-21-18-6-5-17(23-25(18)19)16-4-3-9-20-12-16/h3-6,9,12,14-15H,7-8,10-11,13H2,1-2H3. The van der Waals surface area contributed by atoms with Gasteiger partial charge in [-0.2, -0.15) is 9.61 Å². The Hall–Kier alpha value is -2.34. The predicted octanol–water partition coefficient (Wildman–Crippen LogP) is 3.02. The van der Waals surface area contributed by atoms with E-state index in [4.69, 9.17) is 5.10 Å². The summed E-state index contributed by atoms with van der Waals surface area (Å²) < 4.78 is 1.92. The number of piperidine rings is 1. The maximum Gasteiger partial charge on any atom is 0.177 e. The van der Waals surface area contributed by atoms with Crippen LogP contribution in [0.1, 0.15) is 38.4 Å². The van der Waals surface area contributed by atoms with Gasteiger partial charge in [-0.3, -0.25) is 4.98 Å². The van der Waals surface area contributed by atoms with Crippen LogP contribution in [0.3, 0.4) is 0 Å². The summed E-state index contributed by atoms with van der Waals surface area (Å²) in [6, 6.07) is 7.92. The van der Waals surface area contributed by atoms with Crippen LogP contribution in [-0.4, -0.2) is 49.3 Å². The molecule has 0 aliphatic carbocycles. The Kier molecular flexibility index (Phi) is 4.44. The molecule has 6 heteroatoms. The van der Waals surface area contributed by atoms with E-state index in [1.54, 1.807) is 6.20 Å². The van der Waals surface area contributed by atoms with Gasteiger partial charge in [-0.1, -0.05) is 13.8 Å². The van der Waals surface area contributed by atoms with Crippen molar-refractivity contribution in [2.24, 2.45) is 5.92 Å². The van der Waals surface area contributed by atoms with Gasteiger partial charge in [-0.15, -0.1) is 10.2 Å². The summed E-state index contributed by atoms with van der Waals surface area (Å²) in [6.45, 7) is 7.99. The summed E-state index contributed by atoms with van der Waals surface area (Å²) in [5, 5.41) is 13.6. The van der Waals surface area contributed by atoms with Crippen LogP contribution in [0.25, 0.3) is 16.9 Å². The molecule has 0 atom stereocenters. The molecule has 1 aliphatic rings. The average Bonchev–Trinajstić information content (AvgIpc) is 3.06. The molecule has 4 rings (SSSR count). The number of pyridine rings is 1. The minimum absolute atomic E-state index is 0.426. The van der Waals surface area contributed by atoms with Crippen molar-refractivity contribution in [1.82, 2.24) is 29.7 Å². The molecule has 130 valence electrons. The first kappa shape index (κ1) is 16.1. The first-order valence-corrected chi connectivity index (χ1v) is 9.06. The highest BCUT2D eigenvalue weighted by atomic mass is 15.4. The second-order valence-electron chi connectivity index (χ2n) is 7.26. The molecule has 0 unspecified atom stereocenters. The van der Waals surface area contributed by atoms with E-state index in [2.05, 4.69) is 33.9 Å². The van der Waals surface area contributed by atoms with Gasteiger partial charge in [0.1, 0.15) is 0 Å². The molecule has 1 fully saturated rings. The molecule has 0 radical (unpaired) electrons. The maximum atomic E-state index is 4.79. The topological polar surface area (TPSA) is 59.2 Å². The Morgan fingerprint density at radius 3 is 2.68 bits per heavy atom. The number of fused-ring (bicyclic) bond motifs is 1. The molecule has 25 heavy (non-hydrogen) atoms. The van der Waals surface area contributed by atoms with Gasteiger partial charge in [0.15, 0.2) is 11.5 Å². The van der Waals surface area contributed by atoms with E-state index in [1.807, 2.05) is 35.0 Å². The van der Waals surface area contributed by atoms with Crippen molar-refractivity contribution in [3.63, 3.8) is 0 Å². The summed E-state index contributed by atoms with van der Waals surface area (Å²) in [5.41, 5.74) is 2.72. The molecule has 0 N–H and O–H groups in total. The quantitative estimate of drug-likeness (QED) is 0.733. The number of likely N-dealkylation sites (tertiary alicyclic amines) is 1. The number of hydrogen-bond acceptors (Lipinski definition) is 5. The van der Waals surface area contributed by atoms with Gasteiger partial charge >= 0.3 is 0 Å². The van der Waals surface area contributed by atoms with Gasteiger partial charge in [-0.05, 0) is 56.1 Å². The Balaban J connectivity index is 1.58. The number of aromatic nitrogens is 5. The summed E-state index contributed by atoms with van der Waals surface area (Å²) in [7, 11) is 0. The van der Waals surface area contributed by atoms with Crippen molar-refractivity contribution >= 4 is 5.65 Å². The Bertz CT molecular complexity index is 834. The highest BCUT2D eigenvalue weighted by Gasteiger charge is 2.25. The van der Waals surface area contributed by atoms with Crippen molar-refractivity contribution in [2.75, 3.05) is 19.6 Å². The lowest BCUT2D eigenvalue weighted by Crippen LogP contribution is -2.36. The van der Waals surface area contributed by atoms with Gasteiger partial charge in [0.05, 0.1) is 5.69 Å². The fourth-order valence-corrected chi connectivity index (χ4v) is 3.62. The van der Waals surface area contributed by atoms with E-state index in [9.17, 15) is 0 Å². The Labute approximate surface area is 147 Å². The van der Waals surface area contributed by atoms with Crippen LogP contribution in [0.5, 0.6) is 0 Å². The Morgan fingerprint density at radius 1 is 1.12 bits per heavy atom. The van der Waals surface area contributed by atoms with Crippen LogP contribution in [0.15, 0.2) is 36.7 Å². The zero-order valence-electron chi connectivity index (χ0n) is 14.8. The number of hydrogen-bond donors (Lipinski definition) is 0. The van der Waals surface area contributed by atoms with Crippen molar-refractivity contribution in [1.29, 1.82) is 0 Å². The van der Waals surface area contributed by atoms with Gasteiger partial charge in [0, 0.05) is 30.4 Å². The van der Waals surface area contributed by atoms with E-state index in [0.29, 0.717) is 11.8 Å². The minimum Gasteiger partial charge on any atom is -0.303 e. The Morgan fingerprint density at radius 2 is 1.96 bits per heavy atom. The molecule has 0 aromatic carbocycles. The smallest absolute Gasteiger partial charge is 0.177 e.